The molecule has 0 radical (unpaired) electrons. The number of phenolic OH excluding ortho intramolecular Hbond substituents is 1. The van der Waals surface area contributed by atoms with Crippen molar-refractivity contribution in [3.05, 3.63) is 29.3 Å². The highest BCUT2D eigenvalue weighted by Gasteiger charge is 2.22. The number of hydrogen-bond acceptors (Lipinski definition) is 3. The Labute approximate surface area is 90.5 Å². The van der Waals surface area contributed by atoms with Crippen molar-refractivity contribution in [1.29, 1.82) is 0 Å². The van der Waals surface area contributed by atoms with Crippen molar-refractivity contribution >= 4 is 0 Å². The maximum Gasteiger partial charge on any atom is 0.120 e. The van der Waals surface area contributed by atoms with Crippen LogP contribution < -0.4 is 5.73 Å². The van der Waals surface area contributed by atoms with Crippen molar-refractivity contribution in [2.24, 2.45) is 11.7 Å². The first-order chi connectivity index (χ1) is 6.93. The predicted molar refractivity (Wildman–Crippen MR) is 60.6 cm³/mol. The van der Waals surface area contributed by atoms with Gasteiger partial charge in [0.05, 0.1) is 12.1 Å². The summed E-state index contributed by atoms with van der Waals surface area (Å²) < 4.78 is 0. The summed E-state index contributed by atoms with van der Waals surface area (Å²) >= 11 is 0. The minimum atomic E-state index is -0.641. The second-order valence-corrected chi connectivity index (χ2v) is 4.32. The summed E-state index contributed by atoms with van der Waals surface area (Å²) in [6, 6.07) is 4.70. The molecule has 1 rings (SSSR count). The predicted octanol–water partition coefficient (Wildman–Crippen LogP) is 1.72. The van der Waals surface area contributed by atoms with Gasteiger partial charge in [-0.2, -0.15) is 0 Å². The van der Waals surface area contributed by atoms with E-state index in [1.165, 1.54) is 0 Å². The number of phenols is 1. The Hall–Kier alpha value is -1.06. The van der Waals surface area contributed by atoms with Gasteiger partial charge in [0.25, 0.3) is 0 Å². The van der Waals surface area contributed by atoms with Gasteiger partial charge >= 0.3 is 0 Å². The number of rotatable bonds is 3. The van der Waals surface area contributed by atoms with E-state index in [0.29, 0.717) is 5.56 Å². The minimum Gasteiger partial charge on any atom is -0.508 e. The van der Waals surface area contributed by atoms with Crippen molar-refractivity contribution in [1.82, 2.24) is 0 Å². The van der Waals surface area contributed by atoms with Crippen LogP contribution in [0.4, 0.5) is 0 Å². The van der Waals surface area contributed by atoms with Crippen LogP contribution in [0.15, 0.2) is 18.2 Å². The normalized spacial score (nSPS) is 15.3. The number of aryl methyl sites for hydroxylation is 1. The maximum atomic E-state index is 9.83. The Kier molecular flexibility index (Phi) is 3.72. The van der Waals surface area contributed by atoms with Gasteiger partial charge in [-0.25, -0.2) is 0 Å². The molecule has 3 heteroatoms. The topological polar surface area (TPSA) is 66.5 Å². The van der Waals surface area contributed by atoms with Crippen LogP contribution in [0, 0.1) is 12.8 Å². The van der Waals surface area contributed by atoms with Crippen LogP contribution in [0.1, 0.15) is 31.0 Å². The van der Waals surface area contributed by atoms with Crippen molar-refractivity contribution in [3.8, 4) is 5.75 Å². The van der Waals surface area contributed by atoms with Gasteiger partial charge in [0.2, 0.25) is 0 Å². The maximum absolute atomic E-state index is 9.83. The highest BCUT2D eigenvalue weighted by molar-refractivity contribution is 5.38. The van der Waals surface area contributed by atoms with E-state index >= 15 is 0 Å². The lowest BCUT2D eigenvalue weighted by Crippen LogP contribution is -2.30. The first kappa shape index (κ1) is 12.0. The fraction of sp³-hybridized carbons (Fsp3) is 0.500. The molecule has 0 fully saturated rings. The molecule has 0 bridgehead atoms. The average molecular weight is 209 g/mol. The molecular formula is C12H19NO2. The molecule has 0 saturated heterocycles. The largest absolute Gasteiger partial charge is 0.508 e. The third-order valence-electron chi connectivity index (χ3n) is 2.59. The summed E-state index contributed by atoms with van der Waals surface area (Å²) in [5, 5.41) is 19.5. The first-order valence-electron chi connectivity index (χ1n) is 5.16. The standard InChI is InChI=1S/C12H19NO2/c1-7(2)12(15)11(13)9-6-8(3)4-5-10(9)14/h4-7,11-12,14-15H,13H2,1-3H3/t11-,12+/m1/s1. The average Bonchev–Trinajstić information content (AvgIpc) is 2.19. The molecule has 0 heterocycles. The van der Waals surface area contributed by atoms with Crippen LogP contribution in [-0.2, 0) is 0 Å². The smallest absolute Gasteiger partial charge is 0.120 e. The molecular weight excluding hydrogens is 190 g/mol. The van der Waals surface area contributed by atoms with E-state index in [2.05, 4.69) is 0 Å². The summed E-state index contributed by atoms with van der Waals surface area (Å²) in [4.78, 5) is 0. The van der Waals surface area contributed by atoms with Crippen LogP contribution in [-0.4, -0.2) is 16.3 Å². The van der Waals surface area contributed by atoms with Gasteiger partial charge in [0.1, 0.15) is 5.75 Å². The van der Waals surface area contributed by atoms with E-state index in [4.69, 9.17) is 5.73 Å². The molecule has 0 amide bonds. The third kappa shape index (κ3) is 2.70. The summed E-state index contributed by atoms with van der Waals surface area (Å²) in [6.45, 7) is 5.73. The Morgan fingerprint density at radius 1 is 1.27 bits per heavy atom. The van der Waals surface area contributed by atoms with E-state index in [1.807, 2.05) is 32.9 Å². The molecule has 0 aliphatic carbocycles. The van der Waals surface area contributed by atoms with Crippen LogP contribution >= 0.6 is 0 Å². The number of benzene rings is 1. The zero-order chi connectivity index (χ0) is 11.6. The number of aliphatic hydroxyl groups excluding tert-OH is 1. The highest BCUT2D eigenvalue weighted by Crippen LogP contribution is 2.27. The second kappa shape index (κ2) is 4.64. The third-order valence-corrected chi connectivity index (χ3v) is 2.59. The lowest BCUT2D eigenvalue weighted by molar-refractivity contribution is 0.0970. The Morgan fingerprint density at radius 3 is 2.40 bits per heavy atom. The van der Waals surface area contributed by atoms with Gasteiger partial charge in [-0.15, -0.1) is 0 Å². The monoisotopic (exact) mass is 209 g/mol. The fourth-order valence-corrected chi connectivity index (χ4v) is 1.54. The second-order valence-electron chi connectivity index (χ2n) is 4.32. The van der Waals surface area contributed by atoms with Gasteiger partial charge in [0.15, 0.2) is 0 Å². The van der Waals surface area contributed by atoms with Crippen molar-refractivity contribution in [2.45, 2.75) is 32.9 Å². The summed E-state index contributed by atoms with van der Waals surface area (Å²) in [5.74, 6) is 0.215. The lowest BCUT2D eigenvalue weighted by atomic mass is 9.93. The molecule has 1 aromatic rings. The van der Waals surface area contributed by atoms with E-state index in [0.717, 1.165) is 5.56 Å². The molecule has 4 N–H and O–H groups in total. The van der Waals surface area contributed by atoms with Gasteiger partial charge in [-0.3, -0.25) is 0 Å². The SMILES string of the molecule is Cc1ccc(O)c([C@@H](N)[C@@H](O)C(C)C)c1. The summed E-state index contributed by atoms with van der Waals surface area (Å²) in [5.41, 5.74) is 7.53. The molecule has 0 saturated carbocycles. The Bertz CT molecular complexity index is 336. The molecule has 0 spiro atoms. The summed E-state index contributed by atoms with van der Waals surface area (Å²) in [6.07, 6.45) is -0.641. The van der Waals surface area contributed by atoms with Crippen LogP contribution in [0.3, 0.4) is 0 Å². The van der Waals surface area contributed by atoms with Crippen molar-refractivity contribution in [3.63, 3.8) is 0 Å². The molecule has 1 aromatic carbocycles. The fourth-order valence-electron chi connectivity index (χ4n) is 1.54. The van der Waals surface area contributed by atoms with Gasteiger partial charge in [-0.1, -0.05) is 31.5 Å². The van der Waals surface area contributed by atoms with Gasteiger partial charge in [0, 0.05) is 5.56 Å². The molecule has 0 aliphatic rings. The molecule has 0 aromatic heterocycles. The Morgan fingerprint density at radius 2 is 1.87 bits per heavy atom. The number of aromatic hydroxyl groups is 1. The summed E-state index contributed by atoms with van der Waals surface area (Å²) in [7, 11) is 0. The zero-order valence-electron chi connectivity index (χ0n) is 9.44. The van der Waals surface area contributed by atoms with Gasteiger partial charge in [-0.05, 0) is 18.9 Å². The Balaban J connectivity index is 2.99. The quantitative estimate of drug-likeness (QED) is 0.710. The van der Waals surface area contributed by atoms with Crippen molar-refractivity contribution < 1.29 is 10.2 Å². The minimum absolute atomic E-state index is 0.0694. The van der Waals surface area contributed by atoms with E-state index in [1.54, 1.807) is 6.07 Å². The molecule has 2 atom stereocenters. The highest BCUT2D eigenvalue weighted by atomic mass is 16.3. The molecule has 3 nitrogen and oxygen atoms in total. The lowest BCUT2D eigenvalue weighted by Gasteiger charge is -2.23. The number of aliphatic hydroxyl groups is 1. The molecule has 0 unspecified atom stereocenters. The van der Waals surface area contributed by atoms with E-state index in [9.17, 15) is 10.2 Å². The van der Waals surface area contributed by atoms with Crippen LogP contribution in [0.2, 0.25) is 0 Å². The molecule has 15 heavy (non-hydrogen) atoms. The van der Waals surface area contributed by atoms with Crippen LogP contribution in [0.25, 0.3) is 0 Å². The number of nitrogens with two attached hydrogens (primary N) is 1. The van der Waals surface area contributed by atoms with E-state index in [-0.39, 0.29) is 11.7 Å². The first-order valence-corrected chi connectivity index (χ1v) is 5.16. The van der Waals surface area contributed by atoms with Crippen molar-refractivity contribution in [2.75, 3.05) is 0 Å². The molecule has 84 valence electrons. The van der Waals surface area contributed by atoms with E-state index < -0.39 is 12.1 Å². The number of hydrogen-bond donors (Lipinski definition) is 3. The zero-order valence-corrected chi connectivity index (χ0v) is 9.44. The van der Waals surface area contributed by atoms with Crippen LogP contribution in [0.5, 0.6) is 5.75 Å². The van der Waals surface area contributed by atoms with Gasteiger partial charge < -0.3 is 15.9 Å². The molecule has 0 aliphatic heterocycles.